The Bertz CT molecular complexity index is 805. The third-order valence-electron chi connectivity index (χ3n) is 3.82. The molecule has 128 valence electrons. The average molecular weight is 337 g/mol. The van der Waals surface area contributed by atoms with Crippen LogP contribution in [0.3, 0.4) is 0 Å². The van der Waals surface area contributed by atoms with Crippen molar-refractivity contribution in [3.63, 3.8) is 0 Å². The summed E-state index contributed by atoms with van der Waals surface area (Å²) in [6, 6.07) is 13.0. The fraction of sp³-hybridized carbons (Fsp3) is 0.222. The first-order chi connectivity index (χ1) is 12.3. The minimum absolute atomic E-state index is 0.161. The highest BCUT2D eigenvalue weighted by Crippen LogP contribution is 2.18. The molecule has 2 heterocycles. The maximum atomic E-state index is 12.6. The van der Waals surface area contributed by atoms with E-state index in [4.69, 9.17) is 4.74 Å². The van der Waals surface area contributed by atoms with Crippen LogP contribution in [0.5, 0.6) is 5.75 Å². The summed E-state index contributed by atoms with van der Waals surface area (Å²) in [5.74, 6) is 0.352. The molecule has 1 amide bonds. The van der Waals surface area contributed by atoms with E-state index in [1.807, 2.05) is 30.3 Å². The Morgan fingerprint density at radius 2 is 2.12 bits per heavy atom. The molecule has 0 bridgehead atoms. The van der Waals surface area contributed by atoms with Crippen LogP contribution in [0.15, 0.2) is 61.3 Å². The van der Waals surface area contributed by atoms with Crippen molar-refractivity contribution in [1.29, 1.82) is 0 Å². The molecule has 3 rings (SSSR count). The number of amides is 1. The topological polar surface area (TPSA) is 81.9 Å². The lowest BCUT2D eigenvalue weighted by Gasteiger charge is -2.19. The second kappa shape index (κ2) is 8.05. The number of hydrogen-bond donors (Lipinski definition) is 1. The number of hydrogen-bond acceptors (Lipinski definition) is 5. The summed E-state index contributed by atoms with van der Waals surface area (Å²) in [6.07, 6.45) is 5.40. The highest BCUT2D eigenvalue weighted by atomic mass is 16.5. The Kier molecular flexibility index (Phi) is 5.36. The number of aromatic nitrogens is 4. The van der Waals surface area contributed by atoms with E-state index in [1.165, 1.54) is 6.33 Å². The Hall–Kier alpha value is -3.22. The summed E-state index contributed by atoms with van der Waals surface area (Å²) in [5, 5.41) is 7.15. The van der Waals surface area contributed by atoms with Crippen LogP contribution in [0.2, 0.25) is 0 Å². The minimum Gasteiger partial charge on any atom is -0.497 e. The van der Waals surface area contributed by atoms with E-state index in [0.717, 1.165) is 5.56 Å². The number of carbonyl (C=O) groups is 1. The van der Waals surface area contributed by atoms with Gasteiger partial charge in [0.2, 0.25) is 0 Å². The van der Waals surface area contributed by atoms with Crippen molar-refractivity contribution in [3.05, 3.63) is 72.6 Å². The van der Waals surface area contributed by atoms with Gasteiger partial charge in [-0.15, -0.1) is 0 Å². The highest BCUT2D eigenvalue weighted by molar-refractivity contribution is 5.92. The molecule has 0 aliphatic heterocycles. The fourth-order valence-electron chi connectivity index (χ4n) is 2.51. The minimum atomic E-state index is -0.244. The molecule has 0 aliphatic rings. The second-order valence-electron chi connectivity index (χ2n) is 5.46. The van der Waals surface area contributed by atoms with Gasteiger partial charge >= 0.3 is 0 Å². The third kappa shape index (κ3) is 4.41. The lowest BCUT2D eigenvalue weighted by molar-refractivity contribution is 0.0928. The number of carbonyl (C=O) groups excluding carboxylic acids is 1. The van der Waals surface area contributed by atoms with E-state index in [-0.39, 0.29) is 11.9 Å². The van der Waals surface area contributed by atoms with Crippen LogP contribution in [0.4, 0.5) is 0 Å². The number of rotatable bonds is 7. The predicted octanol–water partition coefficient (Wildman–Crippen LogP) is 2.24. The van der Waals surface area contributed by atoms with Crippen molar-refractivity contribution in [2.75, 3.05) is 7.11 Å². The number of ether oxygens (including phenoxy) is 1. The van der Waals surface area contributed by atoms with Gasteiger partial charge in [-0.05, 0) is 18.1 Å². The van der Waals surface area contributed by atoms with Crippen LogP contribution >= 0.6 is 0 Å². The molecule has 2 aromatic heterocycles. The Morgan fingerprint density at radius 1 is 1.28 bits per heavy atom. The van der Waals surface area contributed by atoms with Gasteiger partial charge < -0.3 is 10.1 Å². The van der Waals surface area contributed by atoms with E-state index in [2.05, 4.69) is 20.4 Å². The standard InChI is InChI=1S/C18H19N5O2/c1-25-15-7-9-20-17(11-15)18(24)22-16(14-5-3-2-4-6-14)8-10-23-13-19-12-21-23/h2-7,9,11-13,16H,8,10H2,1H3,(H,22,24)/t16-/m0/s1. The smallest absolute Gasteiger partial charge is 0.270 e. The lowest BCUT2D eigenvalue weighted by atomic mass is 10.0. The Balaban J connectivity index is 1.75. The summed E-state index contributed by atoms with van der Waals surface area (Å²) >= 11 is 0. The van der Waals surface area contributed by atoms with Crippen molar-refractivity contribution in [2.24, 2.45) is 0 Å². The molecule has 25 heavy (non-hydrogen) atoms. The molecule has 1 aromatic carbocycles. The molecule has 0 saturated heterocycles. The molecule has 3 aromatic rings. The van der Waals surface area contributed by atoms with Gasteiger partial charge in [0.15, 0.2) is 0 Å². The van der Waals surface area contributed by atoms with E-state index in [9.17, 15) is 4.79 Å². The molecule has 0 fully saturated rings. The number of pyridine rings is 1. The molecule has 7 nitrogen and oxygen atoms in total. The van der Waals surface area contributed by atoms with Crippen LogP contribution in [-0.2, 0) is 6.54 Å². The molecule has 0 saturated carbocycles. The number of nitrogens with zero attached hydrogens (tertiary/aromatic N) is 4. The van der Waals surface area contributed by atoms with Crippen LogP contribution < -0.4 is 10.1 Å². The van der Waals surface area contributed by atoms with E-state index >= 15 is 0 Å². The molecule has 0 spiro atoms. The summed E-state index contributed by atoms with van der Waals surface area (Å²) in [6.45, 7) is 0.644. The molecule has 7 heteroatoms. The van der Waals surface area contributed by atoms with Crippen LogP contribution in [0, 0.1) is 0 Å². The zero-order valence-corrected chi connectivity index (χ0v) is 13.9. The summed E-state index contributed by atoms with van der Waals surface area (Å²) in [4.78, 5) is 20.7. The van der Waals surface area contributed by atoms with Crippen molar-refractivity contribution in [1.82, 2.24) is 25.1 Å². The van der Waals surface area contributed by atoms with Crippen LogP contribution in [-0.4, -0.2) is 32.8 Å². The van der Waals surface area contributed by atoms with Gasteiger partial charge in [-0.25, -0.2) is 4.98 Å². The quantitative estimate of drug-likeness (QED) is 0.715. The molecule has 0 aliphatic carbocycles. The van der Waals surface area contributed by atoms with E-state index < -0.39 is 0 Å². The largest absolute Gasteiger partial charge is 0.497 e. The third-order valence-corrected chi connectivity index (χ3v) is 3.82. The maximum absolute atomic E-state index is 12.6. The van der Waals surface area contributed by atoms with Gasteiger partial charge in [0.05, 0.1) is 13.2 Å². The summed E-state index contributed by atoms with van der Waals surface area (Å²) in [7, 11) is 1.56. The number of nitrogens with one attached hydrogen (secondary N) is 1. The number of methoxy groups -OCH3 is 1. The number of benzene rings is 1. The molecule has 1 atom stereocenters. The van der Waals surface area contributed by atoms with E-state index in [1.54, 1.807) is 36.4 Å². The Labute approximate surface area is 145 Å². The van der Waals surface area contributed by atoms with Crippen molar-refractivity contribution < 1.29 is 9.53 Å². The van der Waals surface area contributed by atoms with Gasteiger partial charge in [-0.2, -0.15) is 5.10 Å². The lowest BCUT2D eigenvalue weighted by Crippen LogP contribution is -2.30. The van der Waals surface area contributed by atoms with Gasteiger partial charge in [-0.1, -0.05) is 30.3 Å². The first kappa shape index (κ1) is 16.6. The van der Waals surface area contributed by atoms with Crippen molar-refractivity contribution >= 4 is 5.91 Å². The van der Waals surface area contributed by atoms with Crippen molar-refractivity contribution in [2.45, 2.75) is 19.0 Å². The predicted molar refractivity (Wildman–Crippen MR) is 92.1 cm³/mol. The van der Waals surface area contributed by atoms with Gasteiger partial charge in [0.1, 0.15) is 24.1 Å². The monoisotopic (exact) mass is 337 g/mol. The van der Waals surface area contributed by atoms with E-state index in [0.29, 0.717) is 24.4 Å². The van der Waals surface area contributed by atoms with Gasteiger partial charge in [0, 0.05) is 18.8 Å². The Morgan fingerprint density at radius 3 is 2.84 bits per heavy atom. The van der Waals surface area contributed by atoms with Crippen molar-refractivity contribution in [3.8, 4) is 5.75 Å². The zero-order chi connectivity index (χ0) is 17.5. The maximum Gasteiger partial charge on any atom is 0.270 e. The average Bonchev–Trinajstić information content (AvgIpc) is 3.19. The zero-order valence-electron chi connectivity index (χ0n) is 13.9. The first-order valence-electron chi connectivity index (χ1n) is 7.94. The summed E-state index contributed by atoms with van der Waals surface area (Å²) in [5.41, 5.74) is 1.35. The molecule has 0 unspecified atom stereocenters. The SMILES string of the molecule is COc1ccnc(C(=O)N[C@@H](CCn2cncn2)c2ccccc2)c1. The van der Waals surface area contributed by atoms with Crippen LogP contribution in [0.25, 0.3) is 0 Å². The first-order valence-corrected chi connectivity index (χ1v) is 7.94. The van der Waals surface area contributed by atoms with Gasteiger partial charge in [0.25, 0.3) is 5.91 Å². The molecule has 0 radical (unpaired) electrons. The molecular formula is C18H19N5O2. The van der Waals surface area contributed by atoms with Gasteiger partial charge in [-0.3, -0.25) is 14.5 Å². The van der Waals surface area contributed by atoms with Crippen LogP contribution in [0.1, 0.15) is 28.5 Å². The number of aryl methyl sites for hydroxylation is 1. The highest BCUT2D eigenvalue weighted by Gasteiger charge is 2.17. The molecule has 1 N–H and O–H groups in total. The second-order valence-corrected chi connectivity index (χ2v) is 5.46. The fourth-order valence-corrected chi connectivity index (χ4v) is 2.51. The summed E-state index contributed by atoms with van der Waals surface area (Å²) < 4.78 is 6.89. The molecular weight excluding hydrogens is 318 g/mol. The normalized spacial score (nSPS) is 11.7.